The van der Waals surface area contributed by atoms with E-state index in [1.807, 2.05) is 0 Å². The first kappa shape index (κ1) is 42.5. The number of hydrogen-bond acceptors (Lipinski definition) is 14. The van der Waals surface area contributed by atoms with Crippen LogP contribution >= 0.6 is 0 Å². The molecule has 2 rings (SSSR count). The Hall–Kier alpha value is 2.48. The summed E-state index contributed by atoms with van der Waals surface area (Å²) in [4.78, 5) is 0. The first-order chi connectivity index (χ1) is 18.9. The van der Waals surface area contributed by atoms with Crippen molar-refractivity contribution in [1.29, 1.82) is 0 Å². The van der Waals surface area contributed by atoms with Gasteiger partial charge in [-0.2, -0.15) is 0 Å². The van der Waals surface area contributed by atoms with Crippen molar-refractivity contribution < 1.29 is 57.6 Å². The topological polar surface area (TPSA) is 129 Å². The van der Waals surface area contributed by atoms with Gasteiger partial charge in [0.15, 0.2) is 0 Å². The van der Waals surface area contributed by atoms with E-state index in [-0.39, 0.29) is 0 Å². The molecular weight excluding hydrogens is 785 g/mol. The molecule has 0 N–H and O–H groups in total. The lowest BCUT2D eigenvalue weighted by Crippen LogP contribution is -2.64. The fourth-order valence-electron chi connectivity index (χ4n) is 4.94. The third-order valence-corrected chi connectivity index (χ3v) is 41.5. The lowest BCUT2D eigenvalue weighted by atomic mass is 11.9. The van der Waals surface area contributed by atoms with Gasteiger partial charge in [-0.15, -0.1) is 0 Å². The molecule has 0 aliphatic carbocycles. The first-order valence-electron chi connectivity index (χ1n) is 13.9. The van der Waals surface area contributed by atoms with Gasteiger partial charge in [0.2, 0.25) is 0 Å². The minimum atomic E-state index is -2.46. The lowest BCUT2D eigenvalue weighted by molar-refractivity contribution is 0.240. The summed E-state index contributed by atoms with van der Waals surface area (Å²) in [5.74, 6) is 0. The Morgan fingerprint density at radius 2 is 0.310 bits per heavy atom. The molecule has 0 atom stereocenters. The van der Waals surface area contributed by atoms with Crippen molar-refractivity contribution in [2.45, 2.75) is 91.7 Å². The predicted octanol–water partition coefficient (Wildman–Crippen LogP) is -1.86. The third-order valence-electron chi connectivity index (χ3n) is 4.61. The summed E-state index contributed by atoms with van der Waals surface area (Å²) in [5.41, 5.74) is 0. The van der Waals surface area contributed by atoms with E-state index in [0.717, 1.165) is 0 Å². The number of hydrogen-bond donors (Lipinski definition) is 0. The van der Waals surface area contributed by atoms with Gasteiger partial charge in [0, 0.05) is 0 Å². The molecule has 2 saturated heterocycles. The normalized spacial score (nSPS) is 33.0. The lowest BCUT2D eigenvalue weighted by Gasteiger charge is -2.46. The summed E-state index contributed by atoms with van der Waals surface area (Å²) in [5, 5.41) is 0. The summed E-state index contributed by atoms with van der Waals surface area (Å²) in [6, 6.07) is 0. The van der Waals surface area contributed by atoms with Gasteiger partial charge in [-0.3, -0.25) is 0 Å². The molecular formula is C14H56O14Si14. The van der Waals surface area contributed by atoms with Crippen LogP contribution in [0.4, 0.5) is 0 Å². The van der Waals surface area contributed by atoms with Crippen LogP contribution in [0.15, 0.2) is 0 Å². The Balaban J connectivity index is 0.000000525. The Labute approximate surface area is 277 Å². The second-order valence-corrected chi connectivity index (χ2v) is 51.2. The minimum Gasteiger partial charge on any atom is -0.425 e. The monoisotopic (exact) mass is 840 g/mol. The smallest absolute Gasteiger partial charge is 0.314 e. The molecule has 0 spiro atoms. The Morgan fingerprint density at radius 3 is 0.405 bits per heavy atom. The summed E-state index contributed by atoms with van der Waals surface area (Å²) in [6.45, 7) is 29.0. The average Bonchev–Trinajstić information content (AvgIpc) is 2.68. The molecule has 252 valence electrons. The van der Waals surface area contributed by atoms with Crippen molar-refractivity contribution in [1.82, 2.24) is 0 Å². The highest BCUT2D eigenvalue weighted by atomic mass is 28.5. The standard InChI is InChI=1S/C14H42O7Si7.H14O7Si7/c1-22(2)15-23(3,4)17-25(7,8)19-27(11,12)21-28(13,14)20-26(9,10)18-24(5,6)16-22;1-8-2-10-4-12-6-14-7-13-5-11-3-9-1/h1-14H3;8-14H2. The molecule has 0 unspecified atom stereocenters. The Bertz CT molecular complexity index is 573. The Kier molecular flexibility index (Phi) is 18.5. The van der Waals surface area contributed by atoms with Gasteiger partial charge < -0.3 is 57.6 Å². The molecule has 0 saturated carbocycles. The molecule has 42 heavy (non-hydrogen) atoms. The van der Waals surface area contributed by atoms with E-state index in [1.54, 1.807) is 0 Å². The molecule has 2 fully saturated rings. The molecule has 14 nitrogen and oxygen atoms in total. The predicted molar refractivity (Wildman–Crippen MR) is 197 cm³/mol. The van der Waals surface area contributed by atoms with Gasteiger partial charge in [0.1, 0.15) is 0 Å². The molecule has 0 aromatic rings. The zero-order valence-electron chi connectivity index (χ0n) is 28.2. The SMILES string of the molecule is C[Si]1(C)O[Si](C)(C)O[Si](C)(C)O[Si](C)(C)O[Si](C)(C)O[Si](C)(C)O[Si](C)(C)O1.O1[SiH2]O[SiH2]O[SiH2]O[SiH2]O[SiH2]O[SiH2]O[SiH2]1. The molecule has 0 radical (unpaired) electrons. The molecule has 2 aliphatic rings. The largest absolute Gasteiger partial charge is 0.425 e. The molecule has 0 bridgehead atoms. The third kappa shape index (κ3) is 21.4. The van der Waals surface area contributed by atoms with Gasteiger partial charge in [-0.25, -0.2) is 0 Å². The van der Waals surface area contributed by atoms with E-state index in [9.17, 15) is 0 Å². The maximum Gasteiger partial charge on any atom is 0.314 e. The van der Waals surface area contributed by atoms with Gasteiger partial charge >= 0.3 is 59.9 Å². The summed E-state index contributed by atoms with van der Waals surface area (Å²) < 4.78 is 82.6. The highest BCUT2D eigenvalue weighted by molar-refractivity contribution is 6.93. The zero-order chi connectivity index (χ0) is 32.3. The molecule has 28 heteroatoms. The van der Waals surface area contributed by atoms with Crippen LogP contribution in [0, 0.1) is 0 Å². The van der Waals surface area contributed by atoms with E-state index in [1.165, 1.54) is 0 Å². The highest BCUT2D eigenvalue weighted by Crippen LogP contribution is 2.31. The van der Waals surface area contributed by atoms with E-state index in [0.29, 0.717) is 0 Å². The molecule has 0 aromatic heterocycles. The Morgan fingerprint density at radius 1 is 0.214 bits per heavy atom. The molecule has 2 heterocycles. The summed E-state index contributed by atoms with van der Waals surface area (Å²) >= 11 is 0. The second kappa shape index (κ2) is 18.3. The van der Waals surface area contributed by atoms with Gasteiger partial charge in [0.25, 0.3) is 70.0 Å². The summed E-state index contributed by atoms with van der Waals surface area (Å²) in [7, 11) is -23.1. The highest BCUT2D eigenvalue weighted by Gasteiger charge is 2.51. The van der Waals surface area contributed by atoms with Crippen LogP contribution in [-0.2, 0) is 57.6 Å². The van der Waals surface area contributed by atoms with Crippen LogP contribution in [0.25, 0.3) is 0 Å². The van der Waals surface area contributed by atoms with E-state index in [2.05, 4.69) is 91.7 Å². The molecule has 0 amide bonds. The van der Waals surface area contributed by atoms with Crippen LogP contribution in [0.5, 0.6) is 0 Å². The van der Waals surface area contributed by atoms with Crippen molar-refractivity contribution in [3.8, 4) is 0 Å². The quantitative estimate of drug-likeness (QED) is 0.253. The minimum absolute atomic E-state index is 0.835. The second-order valence-electron chi connectivity index (χ2n) is 12.8. The van der Waals surface area contributed by atoms with Crippen molar-refractivity contribution in [2.24, 2.45) is 0 Å². The van der Waals surface area contributed by atoms with Crippen molar-refractivity contribution in [3.63, 3.8) is 0 Å². The molecule has 2 aliphatic heterocycles. The zero-order valence-corrected chi connectivity index (χ0v) is 45.1. The number of rotatable bonds is 0. The summed E-state index contributed by atoms with van der Waals surface area (Å²) in [6.07, 6.45) is 0. The van der Waals surface area contributed by atoms with Crippen LogP contribution < -0.4 is 0 Å². The maximum atomic E-state index is 6.52. The van der Waals surface area contributed by atoms with Crippen molar-refractivity contribution in [3.05, 3.63) is 0 Å². The van der Waals surface area contributed by atoms with Crippen molar-refractivity contribution in [2.75, 3.05) is 0 Å². The van der Waals surface area contributed by atoms with Gasteiger partial charge in [-0.05, 0) is 91.7 Å². The van der Waals surface area contributed by atoms with Crippen LogP contribution in [0.3, 0.4) is 0 Å². The van der Waals surface area contributed by atoms with Crippen LogP contribution in [0.1, 0.15) is 0 Å². The van der Waals surface area contributed by atoms with Crippen molar-refractivity contribution >= 4 is 130 Å². The fourth-order valence-corrected chi connectivity index (χ4v) is 54.5. The van der Waals surface area contributed by atoms with E-state index < -0.39 is 130 Å². The van der Waals surface area contributed by atoms with E-state index in [4.69, 9.17) is 57.6 Å². The molecule has 0 aromatic carbocycles. The van der Waals surface area contributed by atoms with Crippen LogP contribution in [-0.4, -0.2) is 130 Å². The van der Waals surface area contributed by atoms with Gasteiger partial charge in [0.05, 0.1) is 0 Å². The first-order valence-corrected chi connectivity index (χ1v) is 41.7. The average molecular weight is 842 g/mol. The van der Waals surface area contributed by atoms with E-state index >= 15 is 0 Å². The van der Waals surface area contributed by atoms with Crippen LogP contribution in [0.2, 0.25) is 91.7 Å². The fraction of sp³-hybridized carbons (Fsp3) is 1.00. The van der Waals surface area contributed by atoms with Gasteiger partial charge in [-0.1, -0.05) is 0 Å². The maximum absolute atomic E-state index is 6.52.